The maximum Gasteiger partial charge on any atom is 0.220 e. The molecular weight excluding hydrogens is 354 g/mol. The van der Waals surface area contributed by atoms with Crippen LogP contribution in [0.3, 0.4) is 0 Å². The van der Waals surface area contributed by atoms with Crippen LogP contribution in [0.5, 0.6) is 5.75 Å². The van der Waals surface area contributed by atoms with Crippen LogP contribution in [0.1, 0.15) is 44.6 Å². The predicted octanol–water partition coefficient (Wildman–Crippen LogP) is 2.31. The summed E-state index contributed by atoms with van der Waals surface area (Å²) in [5, 5.41) is 22.5. The number of hydrogen-bond acceptors (Lipinski definition) is 5. The molecule has 1 saturated heterocycles. The molecule has 1 saturated carbocycles. The molecule has 1 aliphatic heterocycles. The fraction of sp³-hybridized carbons (Fsp3) is 0.636. The number of likely N-dealkylation sites (tertiary alicyclic amines) is 1. The average molecular weight is 386 g/mol. The first-order valence-electron chi connectivity index (χ1n) is 10.4. The van der Waals surface area contributed by atoms with Crippen molar-refractivity contribution in [2.45, 2.75) is 51.2 Å². The molecule has 0 spiro atoms. The van der Waals surface area contributed by atoms with Crippen molar-refractivity contribution in [1.82, 2.24) is 10.2 Å². The van der Waals surface area contributed by atoms with Crippen LogP contribution < -0.4 is 10.1 Å². The van der Waals surface area contributed by atoms with E-state index in [1.165, 1.54) is 0 Å². The minimum absolute atomic E-state index is 0.188. The molecule has 1 aromatic rings. The molecule has 2 bridgehead atoms. The number of carbonyl (C=O) groups is 1. The van der Waals surface area contributed by atoms with Crippen molar-refractivity contribution in [2.24, 2.45) is 11.8 Å². The number of fused-ring (bicyclic) bond motifs is 2. The van der Waals surface area contributed by atoms with E-state index in [4.69, 9.17) is 10.00 Å². The average Bonchev–Trinajstić information content (AvgIpc) is 2.93. The fourth-order valence-corrected chi connectivity index (χ4v) is 4.47. The maximum absolute atomic E-state index is 12.1. The van der Waals surface area contributed by atoms with E-state index in [0.717, 1.165) is 38.8 Å². The third-order valence-electron chi connectivity index (χ3n) is 5.89. The Labute approximate surface area is 167 Å². The van der Waals surface area contributed by atoms with Crippen molar-refractivity contribution < 1.29 is 14.6 Å². The summed E-state index contributed by atoms with van der Waals surface area (Å²) in [4.78, 5) is 14.4. The Morgan fingerprint density at radius 1 is 1.32 bits per heavy atom. The Bertz CT molecular complexity index is 671. The van der Waals surface area contributed by atoms with E-state index in [1.807, 2.05) is 0 Å². The zero-order valence-electron chi connectivity index (χ0n) is 16.6. The molecule has 2 aliphatic rings. The van der Waals surface area contributed by atoms with Crippen LogP contribution in [0.15, 0.2) is 24.3 Å². The van der Waals surface area contributed by atoms with Gasteiger partial charge in [0.15, 0.2) is 0 Å². The van der Waals surface area contributed by atoms with Crippen LogP contribution in [0, 0.1) is 23.2 Å². The first-order valence-corrected chi connectivity index (χ1v) is 10.4. The van der Waals surface area contributed by atoms with Gasteiger partial charge in [0, 0.05) is 32.1 Å². The number of unbranched alkanes of at least 4 members (excludes halogenated alkanes) is 1. The second kappa shape index (κ2) is 9.90. The van der Waals surface area contributed by atoms with Crippen LogP contribution in [-0.4, -0.2) is 54.3 Å². The van der Waals surface area contributed by atoms with Gasteiger partial charge in [-0.1, -0.05) is 13.3 Å². The number of nitrogens with zero attached hydrogens (tertiary/aromatic N) is 2. The molecule has 1 heterocycles. The van der Waals surface area contributed by atoms with E-state index in [-0.39, 0.29) is 12.5 Å². The quantitative estimate of drug-likeness (QED) is 0.681. The summed E-state index contributed by atoms with van der Waals surface area (Å²) in [6.45, 7) is 4.76. The summed E-state index contributed by atoms with van der Waals surface area (Å²) >= 11 is 0. The predicted molar refractivity (Wildman–Crippen MR) is 107 cm³/mol. The normalized spacial score (nSPS) is 25.1. The maximum atomic E-state index is 12.1. The van der Waals surface area contributed by atoms with Crippen molar-refractivity contribution in [2.75, 3.05) is 26.2 Å². The Hall–Kier alpha value is -2.10. The van der Waals surface area contributed by atoms with Crippen molar-refractivity contribution in [3.05, 3.63) is 29.8 Å². The summed E-state index contributed by atoms with van der Waals surface area (Å²) in [6, 6.07) is 9.28. The van der Waals surface area contributed by atoms with Gasteiger partial charge in [-0.2, -0.15) is 5.26 Å². The van der Waals surface area contributed by atoms with Crippen molar-refractivity contribution in [3.63, 3.8) is 0 Å². The topological polar surface area (TPSA) is 85.6 Å². The largest absolute Gasteiger partial charge is 0.491 e. The van der Waals surface area contributed by atoms with E-state index in [2.05, 4.69) is 23.2 Å². The van der Waals surface area contributed by atoms with Crippen LogP contribution in [0.4, 0.5) is 0 Å². The smallest absolute Gasteiger partial charge is 0.220 e. The van der Waals surface area contributed by atoms with Gasteiger partial charge in [-0.3, -0.25) is 9.69 Å². The number of aliphatic hydroxyl groups is 1. The highest BCUT2D eigenvalue weighted by molar-refractivity contribution is 5.76. The van der Waals surface area contributed by atoms with Crippen LogP contribution in [-0.2, 0) is 4.79 Å². The van der Waals surface area contributed by atoms with Gasteiger partial charge in [-0.25, -0.2) is 0 Å². The van der Waals surface area contributed by atoms with Crippen LogP contribution in [0.25, 0.3) is 0 Å². The summed E-state index contributed by atoms with van der Waals surface area (Å²) in [7, 11) is 0. The SMILES string of the molecule is CCCCC(=O)NC1C2CCC1CN(CC(O)COc1ccc(C#N)cc1)C2. The minimum Gasteiger partial charge on any atom is -0.491 e. The number of aliphatic hydroxyl groups excluding tert-OH is 1. The Morgan fingerprint density at radius 3 is 2.61 bits per heavy atom. The summed E-state index contributed by atoms with van der Waals surface area (Å²) in [5.74, 6) is 1.81. The van der Waals surface area contributed by atoms with Gasteiger partial charge in [0.1, 0.15) is 18.5 Å². The number of hydrogen-bond donors (Lipinski definition) is 2. The Morgan fingerprint density at radius 2 is 2.00 bits per heavy atom. The van der Waals surface area contributed by atoms with Crippen molar-refractivity contribution in [3.8, 4) is 11.8 Å². The number of ether oxygens (including phenoxy) is 1. The van der Waals surface area contributed by atoms with E-state index in [9.17, 15) is 9.90 Å². The molecule has 0 radical (unpaired) electrons. The molecule has 1 amide bonds. The molecule has 1 aliphatic carbocycles. The molecule has 3 atom stereocenters. The fourth-order valence-electron chi connectivity index (χ4n) is 4.47. The standard InChI is InChI=1S/C22H31N3O3/c1-2-3-4-21(27)24-22-17-7-8-18(22)13-25(12-17)14-19(26)15-28-20-9-5-16(11-23)6-10-20/h5-6,9-10,17-19,22,26H,2-4,7-8,12-15H2,1H3,(H,24,27). The van der Waals surface area contributed by atoms with Gasteiger partial charge in [0.2, 0.25) is 5.91 Å². The lowest BCUT2D eigenvalue weighted by atomic mass is 9.91. The Balaban J connectivity index is 1.42. The second-order valence-corrected chi connectivity index (χ2v) is 8.11. The van der Waals surface area contributed by atoms with Gasteiger partial charge in [0.25, 0.3) is 0 Å². The Kier molecular flexibility index (Phi) is 7.30. The molecule has 3 rings (SSSR count). The van der Waals surface area contributed by atoms with Gasteiger partial charge >= 0.3 is 0 Å². The first kappa shape index (κ1) is 20.6. The second-order valence-electron chi connectivity index (χ2n) is 8.11. The summed E-state index contributed by atoms with van der Waals surface area (Å²) < 4.78 is 5.65. The zero-order valence-corrected chi connectivity index (χ0v) is 16.6. The first-order chi connectivity index (χ1) is 13.6. The number of nitrogens with one attached hydrogen (secondary N) is 1. The number of nitriles is 1. The van der Waals surface area contributed by atoms with Gasteiger partial charge in [0.05, 0.1) is 11.6 Å². The van der Waals surface area contributed by atoms with E-state index >= 15 is 0 Å². The lowest BCUT2D eigenvalue weighted by Crippen LogP contribution is -2.54. The molecule has 2 fully saturated rings. The summed E-state index contributed by atoms with van der Waals surface area (Å²) in [5.41, 5.74) is 0.591. The molecule has 2 N–H and O–H groups in total. The molecule has 0 aromatic heterocycles. The van der Waals surface area contributed by atoms with Gasteiger partial charge < -0.3 is 15.2 Å². The molecule has 3 unspecified atom stereocenters. The van der Waals surface area contributed by atoms with Crippen LogP contribution in [0.2, 0.25) is 0 Å². The highest BCUT2D eigenvalue weighted by atomic mass is 16.5. The number of rotatable bonds is 9. The molecule has 152 valence electrons. The van der Waals surface area contributed by atoms with E-state index < -0.39 is 6.10 Å². The van der Waals surface area contributed by atoms with Gasteiger partial charge in [-0.15, -0.1) is 0 Å². The molecule has 6 nitrogen and oxygen atoms in total. The van der Waals surface area contributed by atoms with Crippen molar-refractivity contribution in [1.29, 1.82) is 5.26 Å². The van der Waals surface area contributed by atoms with E-state index in [0.29, 0.717) is 42.2 Å². The molecule has 6 heteroatoms. The lowest BCUT2D eigenvalue weighted by molar-refractivity contribution is -0.123. The number of benzene rings is 1. The number of carbonyl (C=O) groups excluding carboxylic acids is 1. The molecular formula is C22H31N3O3. The highest BCUT2D eigenvalue weighted by Crippen LogP contribution is 2.37. The number of amides is 1. The highest BCUT2D eigenvalue weighted by Gasteiger charge is 2.42. The minimum atomic E-state index is -0.564. The number of β-amino-alcohol motifs (C(OH)–C–C–N with tert-alkyl or cyclic N) is 1. The summed E-state index contributed by atoms with van der Waals surface area (Å²) in [6.07, 6.45) is 4.36. The van der Waals surface area contributed by atoms with Gasteiger partial charge in [-0.05, 0) is 55.4 Å². The number of piperidine rings is 1. The molecule has 28 heavy (non-hydrogen) atoms. The third-order valence-corrected chi connectivity index (χ3v) is 5.89. The zero-order chi connectivity index (χ0) is 19.9. The van der Waals surface area contributed by atoms with Crippen LogP contribution >= 0.6 is 0 Å². The van der Waals surface area contributed by atoms with E-state index in [1.54, 1.807) is 24.3 Å². The monoisotopic (exact) mass is 385 g/mol. The van der Waals surface area contributed by atoms with Crippen molar-refractivity contribution >= 4 is 5.91 Å². The third kappa shape index (κ3) is 5.46. The molecule has 1 aromatic carbocycles. The lowest BCUT2D eigenvalue weighted by Gasteiger charge is -2.39.